The Kier molecular flexibility index (Phi) is 4.83. The first kappa shape index (κ1) is 14.6. The van der Waals surface area contributed by atoms with Gasteiger partial charge in [-0.2, -0.15) is 0 Å². The zero-order valence-corrected chi connectivity index (χ0v) is 11.9. The van der Waals surface area contributed by atoms with Crippen molar-refractivity contribution in [1.29, 1.82) is 0 Å². The van der Waals surface area contributed by atoms with Gasteiger partial charge >= 0.3 is 0 Å². The van der Waals surface area contributed by atoms with E-state index in [-0.39, 0.29) is 11.4 Å². The zero-order chi connectivity index (χ0) is 13.9. The zero-order valence-electron chi connectivity index (χ0n) is 9.72. The molecule has 0 aliphatic rings. The molecule has 4 nitrogen and oxygen atoms in total. The number of nitrogen functional groups attached to an aromatic ring is 1. The maximum Gasteiger partial charge on any atom is 0.253 e. The third-order valence-corrected chi connectivity index (χ3v) is 3.12. The van der Waals surface area contributed by atoms with Crippen LogP contribution >= 0.6 is 22.6 Å². The van der Waals surface area contributed by atoms with Gasteiger partial charge in [0, 0.05) is 10.1 Å². The number of nitrogens with one attached hydrogen (secondary N) is 1. The van der Waals surface area contributed by atoms with Crippen LogP contribution in [0.3, 0.4) is 0 Å². The van der Waals surface area contributed by atoms with E-state index < -0.39 is 16.7 Å². The van der Waals surface area contributed by atoms with E-state index in [0.717, 1.165) is 0 Å². The molecule has 6 heteroatoms. The fraction of sp³-hybridized carbons (Fsp3) is 0.167. The highest BCUT2D eigenvalue weighted by molar-refractivity contribution is 14.1. The molecule has 1 aromatic carbocycles. The highest BCUT2D eigenvalue weighted by Crippen LogP contribution is 2.14. The predicted octanol–water partition coefficient (Wildman–Crippen LogP) is 2.03. The minimum atomic E-state index is -0.709. The Morgan fingerprint density at radius 3 is 2.56 bits per heavy atom. The third-order valence-electron chi connectivity index (χ3n) is 2.14. The van der Waals surface area contributed by atoms with Crippen LogP contribution in [0, 0.1) is 0 Å². The Bertz CT molecular complexity index is 610. The number of anilines is 2. The van der Waals surface area contributed by atoms with Crippen molar-refractivity contribution in [1.82, 2.24) is 0 Å². The summed E-state index contributed by atoms with van der Waals surface area (Å²) in [4.78, 5) is 22.0. The average Bonchev–Trinajstić information content (AvgIpc) is 2.34. The van der Waals surface area contributed by atoms with Crippen molar-refractivity contribution in [3.63, 3.8) is 0 Å². The molecule has 0 unspecified atom stereocenters. The number of rotatable bonds is 5. The molecule has 0 saturated carbocycles. The van der Waals surface area contributed by atoms with Crippen LogP contribution in [0.15, 0.2) is 45.4 Å². The average molecular weight is 362 g/mol. The Morgan fingerprint density at radius 2 is 2.06 bits per heavy atom. The summed E-state index contributed by atoms with van der Waals surface area (Å²) in [6.07, 6.45) is 2.50. The second kappa shape index (κ2) is 5.94. The van der Waals surface area contributed by atoms with Crippen molar-refractivity contribution in [2.24, 2.45) is 0 Å². The summed E-state index contributed by atoms with van der Waals surface area (Å²) in [6, 6.07) is 0. The van der Waals surface area contributed by atoms with E-state index >= 15 is 0 Å². The molecule has 0 aliphatic carbocycles. The van der Waals surface area contributed by atoms with Crippen LogP contribution in [-0.2, 0) is 0 Å². The first-order chi connectivity index (χ1) is 8.36. The second-order valence-corrected chi connectivity index (χ2v) is 4.48. The number of halogens is 2. The normalized spacial score (nSPS) is 12.8. The van der Waals surface area contributed by atoms with Crippen LogP contribution in [0.2, 0.25) is 0 Å². The molecule has 96 valence electrons. The van der Waals surface area contributed by atoms with Gasteiger partial charge in [-0.05, 0) is 24.6 Å². The van der Waals surface area contributed by atoms with Crippen LogP contribution in [0.4, 0.5) is 15.8 Å². The minimum Gasteiger partial charge on any atom is -0.394 e. The second-order valence-electron chi connectivity index (χ2n) is 3.72. The molecule has 3 N–H and O–H groups in total. The first-order valence-corrected chi connectivity index (χ1v) is 6.54. The van der Waals surface area contributed by atoms with Gasteiger partial charge in [0.1, 0.15) is 17.2 Å². The summed E-state index contributed by atoms with van der Waals surface area (Å²) in [5.74, 6) is -0.487. The summed E-state index contributed by atoms with van der Waals surface area (Å²) in [5, 5.41) is 2.60. The van der Waals surface area contributed by atoms with Gasteiger partial charge < -0.3 is 11.1 Å². The lowest BCUT2D eigenvalue weighted by Crippen LogP contribution is -2.36. The first-order valence-electron chi connectivity index (χ1n) is 5.01. The summed E-state index contributed by atoms with van der Waals surface area (Å²) < 4.78 is 14.0. The van der Waals surface area contributed by atoms with E-state index in [1.165, 1.54) is 12.2 Å². The Morgan fingerprint density at radius 1 is 1.44 bits per heavy atom. The Balaban J connectivity index is 2.81. The van der Waals surface area contributed by atoms with Crippen molar-refractivity contribution in [3.8, 4) is 0 Å². The van der Waals surface area contributed by atoms with E-state index in [4.69, 9.17) is 5.73 Å². The molecular weight excluding hydrogens is 350 g/mol. The molecule has 0 atom stereocenters. The van der Waals surface area contributed by atoms with Crippen LogP contribution < -0.4 is 21.9 Å². The summed E-state index contributed by atoms with van der Waals surface area (Å²) in [6.45, 7) is 5.21. The van der Waals surface area contributed by atoms with Gasteiger partial charge in [0.15, 0.2) is 0 Å². The number of nitrogens with two attached hydrogens (primary N) is 1. The number of alkyl halides is 1. The largest absolute Gasteiger partial charge is 0.394 e. The van der Waals surface area contributed by atoms with Crippen molar-refractivity contribution < 1.29 is 4.39 Å². The van der Waals surface area contributed by atoms with Crippen LogP contribution in [0.25, 0.3) is 0 Å². The van der Waals surface area contributed by atoms with E-state index in [1.807, 2.05) is 0 Å². The van der Waals surface area contributed by atoms with Gasteiger partial charge in [-0.1, -0.05) is 29.2 Å². The van der Waals surface area contributed by atoms with Gasteiger partial charge in [0.2, 0.25) is 0 Å². The van der Waals surface area contributed by atoms with Gasteiger partial charge in [0.05, 0.1) is 0 Å². The molecule has 0 spiro atoms. The topological polar surface area (TPSA) is 72.2 Å². The molecule has 0 fully saturated rings. The lowest BCUT2D eigenvalue weighted by Gasteiger charge is -2.09. The predicted molar refractivity (Wildman–Crippen MR) is 80.4 cm³/mol. The van der Waals surface area contributed by atoms with Crippen molar-refractivity contribution >= 4 is 34.0 Å². The monoisotopic (exact) mass is 362 g/mol. The van der Waals surface area contributed by atoms with Gasteiger partial charge in [0.25, 0.3) is 10.9 Å². The molecule has 1 rings (SSSR count). The van der Waals surface area contributed by atoms with E-state index in [2.05, 4.69) is 34.5 Å². The number of allylic oxidation sites excluding steroid dienone is 5. The molecule has 0 aromatic heterocycles. The fourth-order valence-electron chi connectivity index (χ4n) is 1.25. The molecule has 18 heavy (non-hydrogen) atoms. The third kappa shape index (κ3) is 3.28. The quantitative estimate of drug-likeness (QED) is 0.364. The maximum atomic E-state index is 13.4. The maximum absolute atomic E-state index is 13.4. The molecular formula is C12H12FIN2O2. The lowest BCUT2D eigenvalue weighted by atomic mass is 10.2. The summed E-state index contributed by atoms with van der Waals surface area (Å²) in [7, 11) is 0. The van der Waals surface area contributed by atoms with E-state index in [9.17, 15) is 14.0 Å². The van der Waals surface area contributed by atoms with Gasteiger partial charge in [-0.25, -0.2) is 4.39 Å². The number of hydrogen-bond donors (Lipinski definition) is 2. The number of hydrogen-bond acceptors (Lipinski definition) is 4. The molecule has 0 bridgehead atoms. The molecule has 0 radical (unpaired) electrons. The standard InChI is InChI=1S/C12H12FIN2O2/c1-6(5-14)3-8(13)4-7(2)16-10-9(15)11(17)12(10)18/h3-4,16H,1,5,15H2,2H3/b7-4+,8-3+. The van der Waals surface area contributed by atoms with Gasteiger partial charge in [-0.3, -0.25) is 9.59 Å². The smallest absolute Gasteiger partial charge is 0.253 e. The Labute approximate surface area is 117 Å². The Hall–Kier alpha value is -1.44. The highest BCUT2D eigenvalue weighted by Gasteiger charge is 2.17. The molecule has 0 aliphatic heterocycles. The fourth-order valence-corrected chi connectivity index (χ4v) is 1.47. The van der Waals surface area contributed by atoms with Crippen LogP contribution in [0.5, 0.6) is 0 Å². The van der Waals surface area contributed by atoms with Crippen LogP contribution in [-0.4, -0.2) is 4.43 Å². The highest BCUT2D eigenvalue weighted by atomic mass is 127. The van der Waals surface area contributed by atoms with Crippen LogP contribution in [0.1, 0.15) is 6.92 Å². The molecule has 0 heterocycles. The molecule has 1 aromatic rings. The summed E-state index contributed by atoms with van der Waals surface area (Å²) in [5.41, 5.74) is 4.87. The van der Waals surface area contributed by atoms with E-state index in [0.29, 0.717) is 15.7 Å². The minimum absolute atomic E-state index is 0.0225. The lowest BCUT2D eigenvalue weighted by molar-refractivity contribution is 0.664. The van der Waals surface area contributed by atoms with Gasteiger partial charge in [-0.15, -0.1) is 0 Å². The molecule has 0 amide bonds. The van der Waals surface area contributed by atoms with Crippen molar-refractivity contribution in [2.75, 3.05) is 15.5 Å². The van der Waals surface area contributed by atoms with Crippen molar-refractivity contribution in [3.05, 3.63) is 56.3 Å². The summed E-state index contributed by atoms with van der Waals surface area (Å²) >= 11 is 2.07. The van der Waals surface area contributed by atoms with E-state index in [1.54, 1.807) is 6.92 Å². The SMILES string of the molecule is C=C(/C=C(F)\C=C(/C)Nc1c(N)c(=O)c1=O)CI. The molecule has 0 saturated heterocycles. The van der Waals surface area contributed by atoms with Crippen molar-refractivity contribution in [2.45, 2.75) is 6.92 Å².